The smallest absolute Gasteiger partial charge is 0.141 e. The Balaban J connectivity index is 2.44. The zero-order valence-corrected chi connectivity index (χ0v) is 13.4. The maximum atomic E-state index is 13.4. The summed E-state index contributed by atoms with van der Waals surface area (Å²) in [5, 5.41) is 4.03. The van der Waals surface area contributed by atoms with Crippen molar-refractivity contribution in [3.05, 3.63) is 63.1 Å². The molecule has 1 heterocycles. The summed E-state index contributed by atoms with van der Waals surface area (Å²) < 4.78 is 14.3. The number of nitrogens with zero attached hydrogens (tertiary/aromatic N) is 1. The van der Waals surface area contributed by atoms with Crippen molar-refractivity contribution in [2.45, 2.75) is 19.4 Å². The third kappa shape index (κ3) is 3.78. The highest BCUT2D eigenvalue weighted by Gasteiger charge is 2.17. The van der Waals surface area contributed by atoms with Crippen molar-refractivity contribution < 1.29 is 4.39 Å². The predicted molar refractivity (Wildman–Crippen MR) is 83.5 cm³/mol. The molecule has 1 atom stereocenters. The Labute approximate surface area is 131 Å². The van der Waals surface area contributed by atoms with Gasteiger partial charge in [0, 0.05) is 15.7 Å². The number of rotatable bonds is 5. The minimum atomic E-state index is -0.350. The number of pyridine rings is 1. The molecule has 0 aliphatic heterocycles. The highest BCUT2D eigenvalue weighted by molar-refractivity contribution is 9.10. The fourth-order valence-corrected chi connectivity index (χ4v) is 2.62. The molecule has 106 valence electrons. The fourth-order valence-electron chi connectivity index (χ4n) is 2.02. The predicted octanol–water partition coefficient (Wildman–Crippen LogP) is 4.73. The van der Waals surface area contributed by atoms with Gasteiger partial charge in [0.15, 0.2) is 0 Å². The average molecular weight is 358 g/mol. The van der Waals surface area contributed by atoms with Crippen LogP contribution in [0.3, 0.4) is 0 Å². The topological polar surface area (TPSA) is 24.9 Å². The standard InChI is InChI=1S/C15H15BrClFN2/c1-2-5-20-15(10-6-12(18)9-19-8-10)13-7-11(16)3-4-14(13)17/h3-4,6-9,15,20H,2,5H2,1H3. The minimum Gasteiger partial charge on any atom is -0.306 e. The first-order chi connectivity index (χ1) is 9.61. The number of hydrogen-bond donors (Lipinski definition) is 1. The number of nitrogens with one attached hydrogen (secondary N) is 1. The van der Waals surface area contributed by atoms with Crippen LogP contribution in [0.2, 0.25) is 5.02 Å². The van der Waals surface area contributed by atoms with E-state index in [4.69, 9.17) is 11.6 Å². The van der Waals surface area contributed by atoms with Gasteiger partial charge in [-0.05, 0) is 48.4 Å². The summed E-state index contributed by atoms with van der Waals surface area (Å²) in [6, 6.07) is 6.96. The largest absolute Gasteiger partial charge is 0.306 e. The molecule has 1 N–H and O–H groups in total. The molecule has 0 saturated carbocycles. The Morgan fingerprint density at radius 2 is 2.15 bits per heavy atom. The van der Waals surface area contributed by atoms with E-state index < -0.39 is 0 Å². The van der Waals surface area contributed by atoms with Gasteiger partial charge in [-0.3, -0.25) is 4.98 Å². The second kappa shape index (κ2) is 7.16. The monoisotopic (exact) mass is 356 g/mol. The fraction of sp³-hybridized carbons (Fsp3) is 0.267. The molecule has 1 aromatic heterocycles. The van der Waals surface area contributed by atoms with Gasteiger partial charge in [0.05, 0.1) is 12.2 Å². The van der Waals surface area contributed by atoms with E-state index in [9.17, 15) is 4.39 Å². The lowest BCUT2D eigenvalue weighted by Crippen LogP contribution is -2.23. The van der Waals surface area contributed by atoms with Crippen LogP contribution in [0.15, 0.2) is 41.1 Å². The summed E-state index contributed by atoms with van der Waals surface area (Å²) in [5.41, 5.74) is 1.67. The average Bonchev–Trinajstić information content (AvgIpc) is 2.43. The highest BCUT2D eigenvalue weighted by Crippen LogP contribution is 2.30. The van der Waals surface area contributed by atoms with Crippen LogP contribution in [0.25, 0.3) is 0 Å². The number of aromatic nitrogens is 1. The van der Waals surface area contributed by atoms with Crippen LogP contribution in [0.5, 0.6) is 0 Å². The van der Waals surface area contributed by atoms with Gasteiger partial charge in [-0.1, -0.05) is 34.5 Å². The lowest BCUT2D eigenvalue weighted by Gasteiger charge is -2.20. The molecule has 0 bridgehead atoms. The molecule has 20 heavy (non-hydrogen) atoms. The van der Waals surface area contributed by atoms with Gasteiger partial charge in [0.2, 0.25) is 0 Å². The molecule has 2 rings (SSSR count). The molecule has 1 unspecified atom stereocenters. The van der Waals surface area contributed by atoms with Gasteiger partial charge < -0.3 is 5.32 Å². The van der Waals surface area contributed by atoms with E-state index in [-0.39, 0.29) is 11.9 Å². The van der Waals surface area contributed by atoms with Gasteiger partial charge in [-0.15, -0.1) is 0 Å². The van der Waals surface area contributed by atoms with Crippen molar-refractivity contribution in [2.75, 3.05) is 6.54 Å². The quantitative estimate of drug-likeness (QED) is 0.837. The van der Waals surface area contributed by atoms with E-state index in [1.54, 1.807) is 6.20 Å². The van der Waals surface area contributed by atoms with Gasteiger partial charge in [0.1, 0.15) is 5.82 Å². The molecule has 0 saturated heterocycles. The van der Waals surface area contributed by atoms with Gasteiger partial charge in [-0.25, -0.2) is 4.39 Å². The van der Waals surface area contributed by atoms with Gasteiger partial charge in [-0.2, -0.15) is 0 Å². The van der Waals surface area contributed by atoms with Crippen LogP contribution in [0.4, 0.5) is 4.39 Å². The maximum Gasteiger partial charge on any atom is 0.141 e. The van der Waals surface area contributed by atoms with E-state index in [2.05, 4.69) is 33.2 Å². The van der Waals surface area contributed by atoms with Crippen LogP contribution < -0.4 is 5.32 Å². The van der Waals surface area contributed by atoms with Crippen molar-refractivity contribution >= 4 is 27.5 Å². The van der Waals surface area contributed by atoms with Crippen LogP contribution in [-0.4, -0.2) is 11.5 Å². The van der Waals surface area contributed by atoms with Crippen LogP contribution in [0, 0.1) is 5.82 Å². The Hall–Kier alpha value is -0.970. The van der Waals surface area contributed by atoms with Crippen LogP contribution in [0.1, 0.15) is 30.5 Å². The molecule has 5 heteroatoms. The van der Waals surface area contributed by atoms with E-state index in [0.717, 1.165) is 28.6 Å². The van der Waals surface area contributed by atoms with Crippen molar-refractivity contribution in [3.63, 3.8) is 0 Å². The molecule has 0 aliphatic rings. The van der Waals surface area contributed by atoms with Crippen LogP contribution in [-0.2, 0) is 0 Å². The van der Waals surface area contributed by atoms with E-state index in [1.165, 1.54) is 12.3 Å². The molecule has 0 spiro atoms. The summed E-state index contributed by atoms with van der Waals surface area (Å²) >= 11 is 9.73. The Morgan fingerprint density at radius 3 is 2.85 bits per heavy atom. The lowest BCUT2D eigenvalue weighted by molar-refractivity contribution is 0.580. The number of hydrogen-bond acceptors (Lipinski definition) is 2. The minimum absolute atomic E-state index is 0.178. The molecule has 0 fully saturated rings. The second-order valence-corrected chi connectivity index (χ2v) is 5.81. The Bertz CT molecular complexity index is 592. The zero-order valence-electron chi connectivity index (χ0n) is 11.0. The zero-order chi connectivity index (χ0) is 14.5. The maximum absolute atomic E-state index is 13.4. The Kier molecular flexibility index (Phi) is 5.52. The first kappa shape index (κ1) is 15.4. The van der Waals surface area contributed by atoms with Crippen LogP contribution >= 0.6 is 27.5 Å². The summed E-state index contributed by atoms with van der Waals surface area (Å²) in [6.45, 7) is 2.89. The molecule has 2 nitrogen and oxygen atoms in total. The third-order valence-corrected chi connectivity index (χ3v) is 3.76. The summed E-state index contributed by atoms with van der Waals surface area (Å²) in [7, 11) is 0. The normalized spacial score (nSPS) is 12.4. The molecule has 0 radical (unpaired) electrons. The number of halogens is 3. The highest BCUT2D eigenvalue weighted by atomic mass is 79.9. The Morgan fingerprint density at radius 1 is 1.35 bits per heavy atom. The summed E-state index contributed by atoms with van der Waals surface area (Å²) in [6.07, 6.45) is 3.83. The molecule has 0 amide bonds. The second-order valence-electron chi connectivity index (χ2n) is 4.49. The van der Waals surface area contributed by atoms with Crippen molar-refractivity contribution in [2.24, 2.45) is 0 Å². The number of benzene rings is 1. The lowest BCUT2D eigenvalue weighted by atomic mass is 10.00. The summed E-state index contributed by atoms with van der Waals surface area (Å²) in [5.74, 6) is -0.350. The first-order valence-electron chi connectivity index (χ1n) is 6.40. The molecule has 1 aromatic carbocycles. The van der Waals surface area contributed by atoms with E-state index in [1.807, 2.05) is 18.2 Å². The van der Waals surface area contributed by atoms with E-state index in [0.29, 0.717) is 5.02 Å². The molecule has 0 aliphatic carbocycles. The molecule has 2 aromatic rings. The van der Waals surface area contributed by atoms with Crippen molar-refractivity contribution in [1.82, 2.24) is 10.3 Å². The summed E-state index contributed by atoms with van der Waals surface area (Å²) in [4.78, 5) is 3.92. The SMILES string of the molecule is CCCNC(c1cncc(F)c1)c1cc(Br)ccc1Cl. The van der Waals surface area contributed by atoms with Gasteiger partial charge in [0.25, 0.3) is 0 Å². The van der Waals surface area contributed by atoms with E-state index >= 15 is 0 Å². The first-order valence-corrected chi connectivity index (χ1v) is 7.57. The molecular formula is C15H15BrClFN2. The third-order valence-electron chi connectivity index (χ3n) is 2.93. The van der Waals surface area contributed by atoms with Crippen molar-refractivity contribution in [3.8, 4) is 0 Å². The van der Waals surface area contributed by atoms with Gasteiger partial charge >= 0.3 is 0 Å². The molecular weight excluding hydrogens is 343 g/mol. The van der Waals surface area contributed by atoms with Crippen molar-refractivity contribution in [1.29, 1.82) is 0 Å².